The highest BCUT2D eigenvalue weighted by molar-refractivity contribution is 9.10. The Morgan fingerprint density at radius 1 is 1.56 bits per heavy atom. The number of rotatable bonds is 0. The molecule has 0 aliphatic carbocycles. The van der Waals surface area contributed by atoms with Gasteiger partial charge < -0.3 is 9.84 Å². The maximum Gasteiger partial charge on any atom is 0.180 e. The number of hydrogen-bond donors (Lipinski definition) is 1. The Hall–Kier alpha value is -1.05. The molecule has 0 saturated carbocycles. The smallest absolute Gasteiger partial charge is 0.180 e. The molecule has 1 aromatic rings. The van der Waals surface area contributed by atoms with E-state index in [2.05, 4.69) is 15.9 Å². The third kappa shape index (κ3) is 1.81. The molecule has 4 heteroatoms. The maximum absolute atomic E-state index is 10.3. The molecule has 1 N–H and O–H groups in total. The lowest BCUT2D eigenvalue weighted by molar-refractivity contribution is 0.0883. The second kappa shape index (κ2) is 4.08. The fraction of sp³-hybridized carbons (Fsp3) is 0.417. The molecule has 0 spiro atoms. The van der Waals surface area contributed by atoms with Crippen molar-refractivity contribution in [3.63, 3.8) is 0 Å². The van der Waals surface area contributed by atoms with Crippen LogP contribution in [-0.2, 0) is 5.60 Å². The first-order valence-electron chi connectivity index (χ1n) is 5.14. The molecule has 0 saturated heterocycles. The van der Waals surface area contributed by atoms with Crippen LogP contribution in [0.2, 0.25) is 0 Å². The van der Waals surface area contributed by atoms with E-state index < -0.39 is 5.60 Å². The topological polar surface area (TPSA) is 53.2 Å². The van der Waals surface area contributed by atoms with Gasteiger partial charge >= 0.3 is 0 Å². The van der Waals surface area contributed by atoms with Gasteiger partial charge in [-0.15, -0.1) is 0 Å². The average Bonchev–Trinajstić information content (AvgIpc) is 2.40. The summed E-state index contributed by atoms with van der Waals surface area (Å²) in [6.07, 6.45) is 1.09. The van der Waals surface area contributed by atoms with Crippen LogP contribution in [0.3, 0.4) is 0 Å². The summed E-state index contributed by atoms with van der Waals surface area (Å²) in [5.41, 5.74) is 0.0692. The number of halogens is 1. The predicted molar refractivity (Wildman–Crippen MR) is 63.1 cm³/mol. The van der Waals surface area contributed by atoms with Crippen LogP contribution in [0.5, 0.6) is 5.75 Å². The summed E-state index contributed by atoms with van der Waals surface area (Å²) in [7, 11) is 0. The molecule has 1 aliphatic rings. The summed E-state index contributed by atoms with van der Waals surface area (Å²) in [5, 5.41) is 19.4. The Balaban J connectivity index is 2.66. The fourth-order valence-corrected chi connectivity index (χ4v) is 2.55. The lowest BCUT2D eigenvalue weighted by atomic mass is 9.89. The van der Waals surface area contributed by atoms with Crippen LogP contribution in [0.15, 0.2) is 16.6 Å². The lowest BCUT2D eigenvalue weighted by Gasteiger charge is -2.20. The number of aliphatic hydroxyl groups is 1. The zero-order valence-corrected chi connectivity index (χ0v) is 10.5. The summed E-state index contributed by atoms with van der Waals surface area (Å²) in [5.74, 6) is 0.643. The van der Waals surface area contributed by atoms with E-state index in [0.717, 1.165) is 10.0 Å². The molecule has 0 amide bonds. The van der Waals surface area contributed by atoms with E-state index in [1.807, 2.05) is 19.1 Å². The van der Waals surface area contributed by atoms with Crippen molar-refractivity contribution in [2.45, 2.75) is 25.4 Å². The van der Waals surface area contributed by atoms with Crippen molar-refractivity contribution >= 4 is 15.9 Å². The monoisotopic (exact) mass is 281 g/mol. The van der Waals surface area contributed by atoms with Gasteiger partial charge in [0.2, 0.25) is 0 Å². The Morgan fingerprint density at radius 2 is 2.31 bits per heavy atom. The highest BCUT2D eigenvalue weighted by Crippen LogP contribution is 2.39. The minimum absolute atomic E-state index is 0.409. The maximum atomic E-state index is 10.3. The molecule has 1 aliphatic heterocycles. The van der Waals surface area contributed by atoms with Crippen LogP contribution in [0, 0.1) is 18.3 Å². The Bertz CT molecular complexity index is 467. The quantitative estimate of drug-likeness (QED) is 0.744. The second-order valence-corrected chi connectivity index (χ2v) is 4.94. The van der Waals surface area contributed by atoms with Gasteiger partial charge in [0.05, 0.1) is 6.61 Å². The van der Waals surface area contributed by atoms with Crippen LogP contribution in [0.4, 0.5) is 0 Å². The van der Waals surface area contributed by atoms with Crippen LogP contribution in [0.25, 0.3) is 0 Å². The minimum atomic E-state index is -1.43. The fourth-order valence-electron chi connectivity index (χ4n) is 1.98. The molecule has 1 aromatic carbocycles. The van der Waals surface area contributed by atoms with Crippen molar-refractivity contribution in [2.24, 2.45) is 0 Å². The predicted octanol–water partition coefficient (Wildman–Crippen LogP) is 2.64. The third-order valence-electron chi connectivity index (χ3n) is 2.80. The Labute approximate surface area is 103 Å². The zero-order chi connectivity index (χ0) is 11.8. The number of fused-ring (bicyclic) bond motifs is 1. The second-order valence-electron chi connectivity index (χ2n) is 4.02. The molecular formula is C12H12BrNO2. The highest BCUT2D eigenvalue weighted by Gasteiger charge is 2.35. The van der Waals surface area contributed by atoms with Gasteiger partial charge in [0, 0.05) is 10.0 Å². The normalized spacial score (nSPS) is 23.9. The average molecular weight is 282 g/mol. The summed E-state index contributed by atoms with van der Waals surface area (Å²) in [6, 6.07) is 5.67. The van der Waals surface area contributed by atoms with Gasteiger partial charge in [-0.3, -0.25) is 0 Å². The zero-order valence-electron chi connectivity index (χ0n) is 8.96. The summed E-state index contributed by atoms with van der Waals surface area (Å²) >= 11 is 3.37. The number of hydrogen-bond acceptors (Lipinski definition) is 3. The van der Waals surface area contributed by atoms with Crippen LogP contribution in [-0.4, -0.2) is 11.7 Å². The van der Waals surface area contributed by atoms with E-state index in [-0.39, 0.29) is 0 Å². The standard InChI is InChI=1S/C12H12BrNO2/c1-8-5-9(13)6-10-11(8)16-4-2-3-12(10,15)7-14/h5-6,15H,2-4H2,1H3. The van der Waals surface area contributed by atoms with E-state index in [1.165, 1.54) is 0 Å². The largest absolute Gasteiger partial charge is 0.493 e. The van der Waals surface area contributed by atoms with Gasteiger partial charge in [0.25, 0.3) is 0 Å². The summed E-state index contributed by atoms with van der Waals surface area (Å²) in [6.45, 7) is 2.45. The van der Waals surface area contributed by atoms with E-state index in [0.29, 0.717) is 30.8 Å². The molecule has 2 rings (SSSR count). The van der Waals surface area contributed by atoms with Gasteiger partial charge in [-0.2, -0.15) is 5.26 Å². The van der Waals surface area contributed by atoms with Gasteiger partial charge in [-0.25, -0.2) is 0 Å². The molecule has 0 bridgehead atoms. The molecule has 1 atom stereocenters. The van der Waals surface area contributed by atoms with Crippen molar-refractivity contribution in [1.82, 2.24) is 0 Å². The first-order chi connectivity index (χ1) is 7.57. The van der Waals surface area contributed by atoms with E-state index in [9.17, 15) is 5.11 Å². The molecule has 0 radical (unpaired) electrons. The van der Waals surface area contributed by atoms with E-state index in [4.69, 9.17) is 10.00 Å². The molecule has 1 heterocycles. The minimum Gasteiger partial charge on any atom is -0.493 e. The van der Waals surface area contributed by atoms with E-state index >= 15 is 0 Å². The Morgan fingerprint density at radius 3 is 3.00 bits per heavy atom. The molecular weight excluding hydrogens is 270 g/mol. The molecule has 0 fully saturated rings. The van der Waals surface area contributed by atoms with Gasteiger partial charge in [0.15, 0.2) is 5.60 Å². The van der Waals surface area contributed by atoms with Crippen molar-refractivity contribution in [1.29, 1.82) is 5.26 Å². The number of ether oxygens (including phenoxy) is 1. The van der Waals surface area contributed by atoms with Gasteiger partial charge in [0.1, 0.15) is 11.8 Å². The number of nitrogens with zero attached hydrogens (tertiary/aromatic N) is 1. The van der Waals surface area contributed by atoms with Crippen molar-refractivity contribution in [3.05, 3.63) is 27.7 Å². The van der Waals surface area contributed by atoms with Gasteiger partial charge in [-0.1, -0.05) is 15.9 Å². The summed E-state index contributed by atoms with van der Waals surface area (Å²) < 4.78 is 6.45. The van der Waals surface area contributed by atoms with Crippen LogP contribution < -0.4 is 4.74 Å². The molecule has 16 heavy (non-hydrogen) atoms. The van der Waals surface area contributed by atoms with Crippen molar-refractivity contribution < 1.29 is 9.84 Å². The van der Waals surface area contributed by atoms with Crippen LogP contribution in [0.1, 0.15) is 24.0 Å². The van der Waals surface area contributed by atoms with E-state index in [1.54, 1.807) is 6.07 Å². The highest BCUT2D eigenvalue weighted by atomic mass is 79.9. The van der Waals surface area contributed by atoms with Crippen LogP contribution >= 0.6 is 15.9 Å². The van der Waals surface area contributed by atoms with Crippen molar-refractivity contribution in [2.75, 3.05) is 6.61 Å². The molecule has 3 nitrogen and oxygen atoms in total. The lowest BCUT2D eigenvalue weighted by Crippen LogP contribution is -2.22. The first kappa shape index (κ1) is 11.4. The first-order valence-corrected chi connectivity index (χ1v) is 5.93. The molecule has 1 unspecified atom stereocenters. The number of aryl methyl sites for hydroxylation is 1. The number of nitriles is 1. The molecule has 0 aromatic heterocycles. The molecule has 84 valence electrons. The van der Waals surface area contributed by atoms with Crippen molar-refractivity contribution in [3.8, 4) is 11.8 Å². The number of benzene rings is 1. The summed E-state index contributed by atoms with van der Waals surface area (Å²) in [4.78, 5) is 0. The Kier molecular flexibility index (Phi) is 2.92. The SMILES string of the molecule is Cc1cc(Br)cc2c1OCCCC2(O)C#N. The van der Waals surface area contributed by atoms with Gasteiger partial charge in [-0.05, 0) is 37.5 Å². The third-order valence-corrected chi connectivity index (χ3v) is 3.26.